The summed E-state index contributed by atoms with van der Waals surface area (Å²) in [6.07, 6.45) is 0.355. The Hall–Kier alpha value is -3.60. The van der Waals surface area contributed by atoms with Gasteiger partial charge in [-0.1, -0.05) is 18.2 Å². The first-order valence-corrected chi connectivity index (χ1v) is 15.1. The Morgan fingerprint density at radius 3 is 2.22 bits per heavy atom. The van der Waals surface area contributed by atoms with Gasteiger partial charge in [0.2, 0.25) is 5.91 Å². The van der Waals surface area contributed by atoms with Crippen molar-refractivity contribution in [2.24, 2.45) is 0 Å². The lowest BCUT2D eigenvalue weighted by molar-refractivity contribution is -0.117. The van der Waals surface area contributed by atoms with Gasteiger partial charge in [-0.05, 0) is 103 Å². The summed E-state index contributed by atoms with van der Waals surface area (Å²) in [5, 5.41) is 0. The molecule has 1 saturated heterocycles. The van der Waals surface area contributed by atoms with Gasteiger partial charge in [0.05, 0.1) is 12.6 Å². The van der Waals surface area contributed by atoms with Crippen molar-refractivity contribution in [3.8, 4) is 0 Å². The fraction of sp³-hybridized carbons (Fsp3) is 0.344. The molecule has 0 bridgehead atoms. The number of carbonyl (C=O) groups excluding carboxylic acids is 3. The first kappa shape index (κ1) is 28.9. The zero-order chi connectivity index (χ0) is 29.1. The van der Waals surface area contributed by atoms with Gasteiger partial charge in [0.15, 0.2) is 0 Å². The van der Waals surface area contributed by atoms with E-state index in [9.17, 15) is 14.4 Å². The third kappa shape index (κ3) is 6.05. The lowest BCUT2D eigenvalue weighted by Crippen LogP contribution is -2.49. The molecule has 0 spiro atoms. The lowest BCUT2D eigenvalue weighted by Gasteiger charge is -2.43. The van der Waals surface area contributed by atoms with Gasteiger partial charge in [0.25, 0.3) is 5.91 Å². The van der Waals surface area contributed by atoms with Gasteiger partial charge < -0.3 is 24.3 Å². The van der Waals surface area contributed by atoms with E-state index in [0.717, 1.165) is 26.2 Å². The standard InChI is InChI=1S/C32H35IN4O4/c1-4-41-32(40)35-19-17-34(18-20-35)26-13-9-24(10-14-26)31(39)36-22(2)21-30(28-7-5-6-8-29(28)36)37(23(3)38)27-15-11-25(33)12-16-27/h5-16,22,30H,4,17-21H2,1-3H3/t22-,30+/m0/s1. The highest BCUT2D eigenvalue weighted by molar-refractivity contribution is 14.1. The van der Waals surface area contributed by atoms with Crippen molar-refractivity contribution >= 4 is 57.6 Å². The predicted molar refractivity (Wildman–Crippen MR) is 170 cm³/mol. The third-order valence-corrected chi connectivity index (χ3v) is 8.54. The van der Waals surface area contributed by atoms with Gasteiger partial charge >= 0.3 is 6.09 Å². The molecule has 2 heterocycles. The molecule has 214 valence electrons. The minimum Gasteiger partial charge on any atom is -0.450 e. The van der Waals surface area contributed by atoms with Crippen LogP contribution < -0.4 is 14.7 Å². The minimum absolute atomic E-state index is 0.0309. The molecule has 3 aromatic carbocycles. The van der Waals surface area contributed by atoms with Crippen LogP contribution in [0, 0.1) is 3.57 Å². The Labute approximate surface area is 255 Å². The van der Waals surface area contributed by atoms with Crippen LogP contribution in [-0.2, 0) is 9.53 Å². The van der Waals surface area contributed by atoms with E-state index in [2.05, 4.69) is 27.5 Å². The largest absolute Gasteiger partial charge is 0.450 e. The number of benzene rings is 3. The topological polar surface area (TPSA) is 73.4 Å². The minimum atomic E-state index is -0.267. The molecule has 2 aliphatic heterocycles. The van der Waals surface area contributed by atoms with Crippen LogP contribution in [0.1, 0.15) is 49.2 Å². The van der Waals surface area contributed by atoms with Crippen LogP contribution in [0.15, 0.2) is 72.8 Å². The maximum absolute atomic E-state index is 13.9. The molecule has 0 unspecified atom stereocenters. The van der Waals surface area contributed by atoms with E-state index in [1.807, 2.05) is 96.4 Å². The smallest absolute Gasteiger partial charge is 0.409 e. The Kier molecular flexibility index (Phi) is 8.82. The number of halogens is 1. The van der Waals surface area contributed by atoms with Gasteiger partial charge in [-0.3, -0.25) is 9.59 Å². The molecule has 8 nitrogen and oxygen atoms in total. The summed E-state index contributed by atoms with van der Waals surface area (Å²) in [5.74, 6) is -0.0950. The lowest BCUT2D eigenvalue weighted by atomic mass is 9.89. The molecule has 41 heavy (non-hydrogen) atoms. The van der Waals surface area contributed by atoms with Crippen LogP contribution in [-0.4, -0.2) is 61.6 Å². The van der Waals surface area contributed by atoms with Crippen LogP contribution in [0.25, 0.3) is 0 Å². The molecule has 3 aromatic rings. The normalized spacial score (nSPS) is 18.5. The van der Waals surface area contributed by atoms with Gasteiger partial charge in [0.1, 0.15) is 0 Å². The zero-order valence-corrected chi connectivity index (χ0v) is 25.8. The number of amides is 3. The number of anilines is 3. The van der Waals surface area contributed by atoms with Crippen molar-refractivity contribution in [2.75, 3.05) is 47.5 Å². The van der Waals surface area contributed by atoms with Gasteiger partial charge in [-0.2, -0.15) is 0 Å². The Morgan fingerprint density at radius 1 is 0.927 bits per heavy atom. The maximum atomic E-state index is 13.9. The summed E-state index contributed by atoms with van der Waals surface area (Å²) in [6.45, 7) is 8.44. The highest BCUT2D eigenvalue weighted by Gasteiger charge is 2.38. The van der Waals surface area contributed by atoms with Crippen LogP contribution in [0.5, 0.6) is 0 Å². The van der Waals surface area contributed by atoms with Crippen molar-refractivity contribution in [3.63, 3.8) is 0 Å². The number of ether oxygens (including phenoxy) is 1. The predicted octanol–water partition coefficient (Wildman–Crippen LogP) is 6.10. The summed E-state index contributed by atoms with van der Waals surface area (Å²) < 4.78 is 6.23. The van der Waals surface area contributed by atoms with E-state index in [-0.39, 0.29) is 30.0 Å². The highest BCUT2D eigenvalue weighted by Crippen LogP contribution is 2.42. The van der Waals surface area contributed by atoms with Crippen LogP contribution >= 0.6 is 22.6 Å². The molecule has 0 saturated carbocycles. The molecule has 0 aliphatic carbocycles. The molecule has 1 fully saturated rings. The molecule has 0 aromatic heterocycles. The second kappa shape index (κ2) is 12.5. The Bertz CT molecular complexity index is 1400. The van der Waals surface area contributed by atoms with E-state index in [1.54, 1.807) is 11.8 Å². The van der Waals surface area contributed by atoms with Crippen molar-refractivity contribution in [1.82, 2.24) is 4.90 Å². The molecule has 2 aliphatic rings. The number of para-hydroxylation sites is 1. The fourth-order valence-corrected chi connectivity index (χ4v) is 6.19. The first-order chi connectivity index (χ1) is 19.8. The summed E-state index contributed by atoms with van der Waals surface area (Å²) in [7, 11) is 0. The number of piperazine rings is 1. The molecule has 5 rings (SSSR count). The number of rotatable bonds is 5. The average molecular weight is 667 g/mol. The summed E-state index contributed by atoms with van der Waals surface area (Å²) in [5.41, 5.74) is 4.27. The van der Waals surface area contributed by atoms with E-state index >= 15 is 0 Å². The maximum Gasteiger partial charge on any atom is 0.409 e. The molecule has 3 amide bonds. The molecule has 9 heteroatoms. The van der Waals surface area contributed by atoms with Crippen molar-refractivity contribution in [1.29, 1.82) is 0 Å². The van der Waals surface area contributed by atoms with E-state index in [4.69, 9.17) is 4.74 Å². The number of hydrogen-bond acceptors (Lipinski definition) is 5. The second-order valence-corrected chi connectivity index (χ2v) is 11.7. The Balaban J connectivity index is 1.36. The van der Waals surface area contributed by atoms with Crippen LogP contribution in [0.3, 0.4) is 0 Å². The SMILES string of the molecule is CCOC(=O)N1CCN(c2ccc(C(=O)N3c4ccccc4[C@H](N(C(C)=O)c4ccc(I)cc4)C[C@@H]3C)cc2)CC1. The molecular weight excluding hydrogens is 631 g/mol. The van der Waals surface area contributed by atoms with Crippen molar-refractivity contribution < 1.29 is 19.1 Å². The van der Waals surface area contributed by atoms with Gasteiger partial charge in [-0.25, -0.2) is 4.79 Å². The number of fused-ring (bicyclic) bond motifs is 1. The third-order valence-electron chi connectivity index (χ3n) is 7.82. The fourth-order valence-electron chi connectivity index (χ4n) is 5.83. The highest BCUT2D eigenvalue weighted by atomic mass is 127. The van der Waals surface area contributed by atoms with Crippen LogP contribution in [0.4, 0.5) is 21.9 Å². The Morgan fingerprint density at radius 2 is 1.59 bits per heavy atom. The van der Waals surface area contributed by atoms with Crippen molar-refractivity contribution in [3.05, 3.63) is 87.5 Å². The number of nitrogens with zero attached hydrogens (tertiary/aromatic N) is 4. The zero-order valence-electron chi connectivity index (χ0n) is 23.6. The van der Waals surface area contributed by atoms with E-state index in [0.29, 0.717) is 44.8 Å². The molecule has 2 atom stereocenters. The molecule has 0 radical (unpaired) electrons. The number of hydrogen-bond donors (Lipinski definition) is 0. The summed E-state index contributed by atoms with van der Waals surface area (Å²) in [4.78, 5) is 46.6. The van der Waals surface area contributed by atoms with Gasteiger partial charge in [-0.15, -0.1) is 0 Å². The first-order valence-electron chi connectivity index (χ1n) is 14.0. The molecule has 0 N–H and O–H groups in total. The summed E-state index contributed by atoms with van der Waals surface area (Å²) in [6, 6.07) is 23.3. The molecular formula is C32H35IN4O4. The van der Waals surface area contributed by atoms with E-state index in [1.165, 1.54) is 0 Å². The van der Waals surface area contributed by atoms with Crippen LogP contribution in [0.2, 0.25) is 0 Å². The monoisotopic (exact) mass is 666 g/mol. The average Bonchev–Trinajstić information content (AvgIpc) is 2.98. The van der Waals surface area contributed by atoms with Crippen molar-refractivity contribution in [2.45, 2.75) is 39.3 Å². The second-order valence-electron chi connectivity index (χ2n) is 10.4. The summed E-state index contributed by atoms with van der Waals surface area (Å²) >= 11 is 2.26. The number of carbonyl (C=O) groups is 3. The van der Waals surface area contributed by atoms with E-state index < -0.39 is 0 Å². The quantitative estimate of drug-likeness (QED) is 0.308. The van der Waals surface area contributed by atoms with Gasteiger partial charge in [0, 0.05) is 65.3 Å².